The van der Waals surface area contributed by atoms with Gasteiger partial charge in [0.2, 0.25) is 0 Å². The summed E-state index contributed by atoms with van der Waals surface area (Å²) in [5.41, 5.74) is 2.47. The number of aryl methyl sites for hydroxylation is 2. The summed E-state index contributed by atoms with van der Waals surface area (Å²) < 4.78 is 10.4. The van der Waals surface area contributed by atoms with Gasteiger partial charge >= 0.3 is 5.97 Å². The summed E-state index contributed by atoms with van der Waals surface area (Å²) in [6.07, 6.45) is 0.0322. The van der Waals surface area contributed by atoms with Gasteiger partial charge in [0.05, 0.1) is 13.2 Å². The minimum absolute atomic E-state index is 0.0322. The zero-order chi connectivity index (χ0) is 12.3. The van der Waals surface area contributed by atoms with Crippen molar-refractivity contribution in [2.75, 3.05) is 7.11 Å². The van der Waals surface area contributed by atoms with E-state index in [1.165, 1.54) is 7.11 Å². The number of esters is 1. The Bertz CT molecular complexity index is 394. The number of hydrogen-bond donors (Lipinski definition) is 0. The Kier molecular flexibility index (Phi) is 3.93. The lowest BCUT2D eigenvalue weighted by Crippen LogP contribution is -2.12. The summed E-state index contributed by atoms with van der Waals surface area (Å²) in [5, 5.41) is 0. The number of ether oxygens (including phenoxy) is 2. The van der Waals surface area contributed by atoms with Gasteiger partial charge in [0.15, 0.2) is 0 Å². The quantitative estimate of drug-likeness (QED) is 0.738. The van der Waals surface area contributed by atoms with Gasteiger partial charge in [-0.1, -0.05) is 6.07 Å². The second kappa shape index (κ2) is 5.01. The maximum absolute atomic E-state index is 11.6. The Balaban J connectivity index is 3.26. The molecule has 0 heterocycles. The van der Waals surface area contributed by atoms with Crippen LogP contribution in [0.1, 0.15) is 35.3 Å². The van der Waals surface area contributed by atoms with Crippen molar-refractivity contribution < 1.29 is 14.3 Å². The number of methoxy groups -OCH3 is 1. The molecule has 0 fully saturated rings. The van der Waals surface area contributed by atoms with Gasteiger partial charge in [-0.15, -0.1) is 0 Å². The van der Waals surface area contributed by atoms with Gasteiger partial charge in [0, 0.05) is 0 Å². The molecule has 3 heteroatoms. The van der Waals surface area contributed by atoms with E-state index in [1.54, 1.807) is 6.07 Å². The van der Waals surface area contributed by atoms with Gasteiger partial charge < -0.3 is 9.47 Å². The average Bonchev–Trinajstić information content (AvgIpc) is 2.20. The van der Waals surface area contributed by atoms with Crippen molar-refractivity contribution in [2.45, 2.75) is 33.8 Å². The molecule has 0 aliphatic rings. The van der Waals surface area contributed by atoms with Crippen LogP contribution in [0, 0.1) is 13.8 Å². The van der Waals surface area contributed by atoms with Gasteiger partial charge in [-0.3, -0.25) is 0 Å². The first-order valence-corrected chi connectivity index (χ1v) is 5.32. The number of benzene rings is 1. The third-order valence-electron chi connectivity index (χ3n) is 2.18. The molecule has 1 rings (SSSR count). The molecular formula is C13H18O3. The van der Waals surface area contributed by atoms with Crippen LogP contribution < -0.4 is 4.74 Å². The highest BCUT2D eigenvalue weighted by Gasteiger charge is 2.16. The Labute approximate surface area is 96.4 Å². The Hall–Kier alpha value is -1.51. The SMILES string of the molecule is COC(=O)c1cc(C)cc(C)c1OC(C)C. The number of hydrogen-bond acceptors (Lipinski definition) is 3. The van der Waals surface area contributed by atoms with Crippen LogP contribution >= 0.6 is 0 Å². The molecule has 0 aliphatic carbocycles. The molecule has 0 amide bonds. The molecule has 0 atom stereocenters. The van der Waals surface area contributed by atoms with Crippen molar-refractivity contribution >= 4 is 5.97 Å². The van der Waals surface area contributed by atoms with E-state index in [2.05, 4.69) is 0 Å². The predicted octanol–water partition coefficient (Wildman–Crippen LogP) is 2.88. The molecule has 3 nitrogen and oxygen atoms in total. The fourth-order valence-corrected chi connectivity index (χ4v) is 1.61. The van der Waals surface area contributed by atoms with Crippen molar-refractivity contribution in [3.05, 3.63) is 28.8 Å². The van der Waals surface area contributed by atoms with Crippen molar-refractivity contribution in [3.63, 3.8) is 0 Å². The van der Waals surface area contributed by atoms with Gasteiger partial charge in [0.1, 0.15) is 11.3 Å². The Morgan fingerprint density at radius 1 is 1.25 bits per heavy atom. The minimum Gasteiger partial charge on any atom is -0.490 e. The maximum atomic E-state index is 11.6. The summed E-state index contributed by atoms with van der Waals surface area (Å²) in [6, 6.07) is 3.78. The highest BCUT2D eigenvalue weighted by molar-refractivity contribution is 5.93. The van der Waals surface area contributed by atoms with E-state index in [0.717, 1.165) is 11.1 Å². The van der Waals surface area contributed by atoms with Gasteiger partial charge in [0.25, 0.3) is 0 Å². The second-order valence-corrected chi connectivity index (χ2v) is 4.12. The second-order valence-electron chi connectivity index (χ2n) is 4.12. The van der Waals surface area contributed by atoms with E-state index in [1.807, 2.05) is 33.8 Å². The van der Waals surface area contributed by atoms with Gasteiger partial charge in [-0.25, -0.2) is 4.79 Å². The number of carbonyl (C=O) groups excluding carboxylic acids is 1. The molecule has 0 saturated carbocycles. The van der Waals surface area contributed by atoms with Crippen LogP contribution in [0.25, 0.3) is 0 Å². The first-order chi connectivity index (χ1) is 7.45. The van der Waals surface area contributed by atoms with Crippen molar-refractivity contribution in [3.8, 4) is 5.75 Å². The smallest absolute Gasteiger partial charge is 0.341 e. The van der Waals surface area contributed by atoms with Crippen molar-refractivity contribution in [2.24, 2.45) is 0 Å². The zero-order valence-electron chi connectivity index (χ0n) is 10.5. The van der Waals surface area contributed by atoms with E-state index in [9.17, 15) is 4.79 Å². The highest BCUT2D eigenvalue weighted by Crippen LogP contribution is 2.27. The van der Waals surface area contributed by atoms with Crippen LogP contribution in [0.5, 0.6) is 5.75 Å². The van der Waals surface area contributed by atoms with Crippen molar-refractivity contribution in [1.82, 2.24) is 0 Å². The summed E-state index contributed by atoms with van der Waals surface area (Å²) in [7, 11) is 1.37. The lowest BCUT2D eigenvalue weighted by Gasteiger charge is -2.16. The molecule has 88 valence electrons. The standard InChI is InChI=1S/C13H18O3/c1-8(2)16-12-10(4)6-9(3)7-11(12)13(14)15-5/h6-8H,1-5H3. The fraction of sp³-hybridized carbons (Fsp3) is 0.462. The molecule has 1 aromatic rings. The van der Waals surface area contributed by atoms with E-state index in [4.69, 9.17) is 9.47 Å². The Morgan fingerprint density at radius 2 is 1.88 bits per heavy atom. The molecule has 0 aromatic heterocycles. The predicted molar refractivity (Wildman–Crippen MR) is 63.0 cm³/mol. The molecule has 1 aromatic carbocycles. The molecule has 0 spiro atoms. The minimum atomic E-state index is -0.359. The van der Waals surface area contributed by atoms with Crippen LogP contribution in [0.2, 0.25) is 0 Å². The van der Waals surface area contributed by atoms with Crippen LogP contribution in [0.15, 0.2) is 12.1 Å². The summed E-state index contributed by atoms with van der Waals surface area (Å²) >= 11 is 0. The topological polar surface area (TPSA) is 35.5 Å². The summed E-state index contributed by atoms with van der Waals surface area (Å²) in [6.45, 7) is 7.73. The molecule has 16 heavy (non-hydrogen) atoms. The van der Waals surface area contributed by atoms with Gasteiger partial charge in [-0.05, 0) is 44.9 Å². The monoisotopic (exact) mass is 222 g/mol. The zero-order valence-corrected chi connectivity index (χ0v) is 10.5. The normalized spacial score (nSPS) is 10.4. The summed E-state index contributed by atoms with van der Waals surface area (Å²) in [4.78, 5) is 11.6. The van der Waals surface area contributed by atoms with Crippen LogP contribution in [0.4, 0.5) is 0 Å². The van der Waals surface area contributed by atoms with Crippen LogP contribution in [0.3, 0.4) is 0 Å². The van der Waals surface area contributed by atoms with Crippen LogP contribution in [-0.4, -0.2) is 19.2 Å². The third kappa shape index (κ3) is 2.75. The lowest BCUT2D eigenvalue weighted by molar-refractivity contribution is 0.0594. The molecule has 0 saturated heterocycles. The third-order valence-corrected chi connectivity index (χ3v) is 2.18. The maximum Gasteiger partial charge on any atom is 0.341 e. The van der Waals surface area contributed by atoms with Crippen LogP contribution in [-0.2, 0) is 4.74 Å². The fourth-order valence-electron chi connectivity index (χ4n) is 1.61. The van der Waals surface area contributed by atoms with Gasteiger partial charge in [-0.2, -0.15) is 0 Å². The van der Waals surface area contributed by atoms with Crippen molar-refractivity contribution in [1.29, 1.82) is 0 Å². The lowest BCUT2D eigenvalue weighted by atomic mass is 10.1. The number of rotatable bonds is 3. The molecule has 0 bridgehead atoms. The first kappa shape index (κ1) is 12.6. The van der Waals surface area contributed by atoms with E-state index in [0.29, 0.717) is 11.3 Å². The molecule has 0 N–H and O–H groups in total. The summed E-state index contributed by atoms with van der Waals surface area (Å²) in [5.74, 6) is 0.259. The van der Waals surface area contributed by atoms with E-state index in [-0.39, 0.29) is 12.1 Å². The first-order valence-electron chi connectivity index (χ1n) is 5.32. The molecule has 0 aliphatic heterocycles. The Morgan fingerprint density at radius 3 is 2.38 bits per heavy atom. The van der Waals surface area contributed by atoms with E-state index >= 15 is 0 Å². The molecular weight excluding hydrogens is 204 g/mol. The average molecular weight is 222 g/mol. The molecule has 0 unspecified atom stereocenters. The largest absolute Gasteiger partial charge is 0.490 e. The number of carbonyl (C=O) groups is 1. The van der Waals surface area contributed by atoms with E-state index < -0.39 is 0 Å². The molecule has 0 radical (unpaired) electrons. The highest BCUT2D eigenvalue weighted by atomic mass is 16.5.